The lowest BCUT2D eigenvalue weighted by Crippen LogP contribution is -2.48. The fraction of sp³-hybridized carbons (Fsp3) is 0.286. The van der Waals surface area contributed by atoms with Gasteiger partial charge < -0.3 is 24.7 Å². The van der Waals surface area contributed by atoms with E-state index in [2.05, 4.69) is 10.5 Å². The van der Waals surface area contributed by atoms with E-state index >= 15 is 0 Å². The highest BCUT2D eigenvalue weighted by Crippen LogP contribution is 2.37. The average Bonchev–Trinajstić information content (AvgIpc) is 3.16. The minimum atomic E-state index is -1.63. The van der Waals surface area contributed by atoms with E-state index in [-0.39, 0.29) is 13.0 Å². The Morgan fingerprint density at radius 2 is 1.90 bits per heavy atom. The number of oxime groups is 1. The van der Waals surface area contributed by atoms with Crippen molar-refractivity contribution in [2.75, 3.05) is 14.2 Å². The molecular formula is C21H22N2O6. The van der Waals surface area contributed by atoms with Gasteiger partial charge in [-0.15, -0.1) is 0 Å². The van der Waals surface area contributed by atoms with Crippen LogP contribution in [0.3, 0.4) is 0 Å². The van der Waals surface area contributed by atoms with E-state index in [1.165, 1.54) is 14.2 Å². The quantitative estimate of drug-likeness (QED) is 0.707. The molecule has 1 aliphatic heterocycles. The van der Waals surface area contributed by atoms with Crippen molar-refractivity contribution in [3.63, 3.8) is 0 Å². The molecular weight excluding hydrogens is 376 g/mol. The molecule has 1 aliphatic rings. The monoisotopic (exact) mass is 398 g/mol. The van der Waals surface area contributed by atoms with Gasteiger partial charge in [0.1, 0.15) is 0 Å². The average molecular weight is 398 g/mol. The number of para-hydroxylation sites is 1. The first-order valence-corrected chi connectivity index (χ1v) is 8.99. The molecule has 0 saturated carbocycles. The van der Waals surface area contributed by atoms with Crippen LogP contribution < -0.4 is 14.8 Å². The zero-order chi connectivity index (χ0) is 20.9. The number of rotatable bonds is 8. The van der Waals surface area contributed by atoms with Crippen molar-refractivity contribution in [1.29, 1.82) is 0 Å². The molecule has 2 aromatic carbocycles. The first-order chi connectivity index (χ1) is 14.0. The van der Waals surface area contributed by atoms with Crippen LogP contribution in [0.5, 0.6) is 11.5 Å². The lowest BCUT2D eigenvalue weighted by Gasteiger charge is -2.23. The summed E-state index contributed by atoms with van der Waals surface area (Å²) in [4.78, 5) is 29.8. The van der Waals surface area contributed by atoms with Gasteiger partial charge in [0, 0.05) is 18.5 Å². The molecule has 0 aromatic heterocycles. The molecule has 8 heteroatoms. The molecule has 0 bridgehead atoms. The summed E-state index contributed by atoms with van der Waals surface area (Å²) in [7, 11) is 3.01. The molecule has 0 fully saturated rings. The third-order valence-corrected chi connectivity index (χ3v) is 4.64. The van der Waals surface area contributed by atoms with E-state index in [9.17, 15) is 14.7 Å². The van der Waals surface area contributed by atoms with Crippen LogP contribution >= 0.6 is 0 Å². The molecule has 2 N–H and O–H groups in total. The van der Waals surface area contributed by atoms with Gasteiger partial charge in [-0.1, -0.05) is 41.6 Å². The second kappa shape index (κ2) is 8.64. The number of nitrogens with one attached hydrogen (secondary N) is 1. The number of ether oxygens (including phenoxy) is 2. The number of carboxylic acids is 1. The summed E-state index contributed by atoms with van der Waals surface area (Å²) in [5.41, 5.74) is 0.246. The van der Waals surface area contributed by atoms with Crippen LogP contribution in [0, 0.1) is 0 Å². The molecule has 0 aliphatic carbocycles. The molecule has 0 radical (unpaired) electrons. The molecule has 1 unspecified atom stereocenters. The molecule has 8 nitrogen and oxygen atoms in total. The second-order valence-corrected chi connectivity index (χ2v) is 6.58. The number of hydrogen-bond donors (Lipinski definition) is 2. The largest absolute Gasteiger partial charge is 0.493 e. The van der Waals surface area contributed by atoms with Gasteiger partial charge in [-0.3, -0.25) is 9.59 Å². The Labute approximate surface area is 168 Å². The fourth-order valence-corrected chi connectivity index (χ4v) is 3.22. The number of carboxylic acid groups (broad SMARTS) is 1. The predicted octanol–water partition coefficient (Wildman–Crippen LogP) is 2.36. The van der Waals surface area contributed by atoms with Gasteiger partial charge in [0.25, 0.3) is 5.91 Å². The van der Waals surface area contributed by atoms with Gasteiger partial charge in [-0.2, -0.15) is 0 Å². The van der Waals surface area contributed by atoms with Gasteiger partial charge in [0.15, 0.2) is 11.5 Å². The maximum Gasteiger partial charge on any atom is 0.308 e. The van der Waals surface area contributed by atoms with Gasteiger partial charge >= 0.3 is 5.97 Å². The first-order valence-electron chi connectivity index (χ1n) is 8.99. The third kappa shape index (κ3) is 4.31. The molecule has 29 heavy (non-hydrogen) atoms. The van der Waals surface area contributed by atoms with E-state index in [4.69, 9.17) is 14.3 Å². The number of carbonyl (C=O) groups excluding carboxylic acids is 1. The number of amides is 1. The van der Waals surface area contributed by atoms with E-state index in [0.717, 1.165) is 5.56 Å². The van der Waals surface area contributed by atoms with Gasteiger partial charge in [0.2, 0.25) is 5.60 Å². The van der Waals surface area contributed by atoms with E-state index in [0.29, 0.717) is 22.8 Å². The normalized spacial score (nSPS) is 17.8. The fourth-order valence-electron chi connectivity index (χ4n) is 3.22. The Hall–Kier alpha value is -3.55. The summed E-state index contributed by atoms with van der Waals surface area (Å²) in [6.07, 6.45) is -0.531. The molecule has 1 heterocycles. The zero-order valence-electron chi connectivity index (χ0n) is 16.2. The van der Waals surface area contributed by atoms with Crippen molar-refractivity contribution in [2.45, 2.75) is 25.0 Å². The van der Waals surface area contributed by atoms with Crippen molar-refractivity contribution in [3.05, 3.63) is 59.7 Å². The zero-order valence-corrected chi connectivity index (χ0v) is 16.2. The Bertz CT molecular complexity index is 928. The van der Waals surface area contributed by atoms with Crippen molar-refractivity contribution in [2.24, 2.45) is 5.16 Å². The number of nitrogens with zero attached hydrogens (tertiary/aromatic N) is 1. The minimum Gasteiger partial charge on any atom is -0.493 e. The van der Waals surface area contributed by atoms with Crippen LogP contribution in [-0.4, -0.2) is 42.5 Å². The predicted molar refractivity (Wildman–Crippen MR) is 105 cm³/mol. The van der Waals surface area contributed by atoms with E-state index < -0.39 is 23.9 Å². The van der Waals surface area contributed by atoms with Crippen LogP contribution in [0.2, 0.25) is 0 Å². The van der Waals surface area contributed by atoms with Crippen LogP contribution in [-0.2, 0) is 21.0 Å². The topological polar surface area (TPSA) is 106 Å². The third-order valence-electron chi connectivity index (χ3n) is 4.64. The van der Waals surface area contributed by atoms with E-state index in [1.54, 1.807) is 18.2 Å². The molecule has 3 rings (SSSR count). The van der Waals surface area contributed by atoms with Gasteiger partial charge in [-0.05, 0) is 17.7 Å². The SMILES string of the molecule is COc1cccc(C2=NOC(CC(=O)O)(C(=O)NCc3ccccc3)C2)c1OC. The molecule has 0 saturated heterocycles. The first kappa shape index (κ1) is 20.2. The van der Waals surface area contributed by atoms with Crippen molar-refractivity contribution in [3.8, 4) is 11.5 Å². The summed E-state index contributed by atoms with van der Waals surface area (Å²) in [6, 6.07) is 14.6. The standard InChI is InChI=1S/C21H22N2O6/c1-27-17-10-6-9-15(19(17)28-2)16-11-21(29-23-16,12-18(24)25)20(26)22-13-14-7-4-3-5-8-14/h3-10H,11-13H2,1-2H3,(H,22,26)(H,24,25). The number of aliphatic carboxylic acids is 1. The minimum absolute atomic E-state index is 0.0105. The summed E-state index contributed by atoms with van der Waals surface area (Å²) >= 11 is 0. The summed E-state index contributed by atoms with van der Waals surface area (Å²) in [6.45, 7) is 0.252. The van der Waals surface area contributed by atoms with Crippen molar-refractivity contribution in [1.82, 2.24) is 5.32 Å². The number of carbonyl (C=O) groups is 2. The van der Waals surface area contributed by atoms with Gasteiger partial charge in [-0.25, -0.2) is 0 Å². The lowest BCUT2D eigenvalue weighted by atomic mass is 9.89. The highest BCUT2D eigenvalue weighted by molar-refractivity contribution is 6.08. The number of hydrogen-bond acceptors (Lipinski definition) is 6. The Balaban J connectivity index is 1.83. The Morgan fingerprint density at radius 1 is 1.14 bits per heavy atom. The summed E-state index contributed by atoms with van der Waals surface area (Å²) in [5.74, 6) is -0.761. The molecule has 2 aromatic rings. The smallest absolute Gasteiger partial charge is 0.308 e. The van der Waals surface area contributed by atoms with Crippen molar-refractivity contribution >= 4 is 17.6 Å². The van der Waals surface area contributed by atoms with Crippen LogP contribution in [0.25, 0.3) is 0 Å². The maximum atomic E-state index is 12.9. The summed E-state index contributed by atoms with van der Waals surface area (Å²) in [5, 5.41) is 16.1. The molecule has 1 amide bonds. The highest BCUT2D eigenvalue weighted by atomic mass is 16.7. The number of benzene rings is 2. The summed E-state index contributed by atoms with van der Waals surface area (Å²) < 4.78 is 10.7. The highest BCUT2D eigenvalue weighted by Gasteiger charge is 2.49. The van der Waals surface area contributed by atoms with Crippen LogP contribution in [0.1, 0.15) is 24.0 Å². The lowest BCUT2D eigenvalue weighted by molar-refractivity contribution is -0.156. The Morgan fingerprint density at radius 3 is 2.55 bits per heavy atom. The second-order valence-electron chi connectivity index (χ2n) is 6.58. The molecule has 1 atom stereocenters. The number of methoxy groups -OCH3 is 2. The van der Waals surface area contributed by atoms with Crippen molar-refractivity contribution < 1.29 is 29.0 Å². The molecule has 0 spiro atoms. The van der Waals surface area contributed by atoms with Gasteiger partial charge in [0.05, 0.1) is 26.4 Å². The van der Waals surface area contributed by atoms with Crippen LogP contribution in [0.4, 0.5) is 0 Å². The van der Waals surface area contributed by atoms with E-state index in [1.807, 2.05) is 30.3 Å². The van der Waals surface area contributed by atoms with Crippen LogP contribution in [0.15, 0.2) is 53.7 Å². The molecule has 152 valence electrons. The Kier molecular flexibility index (Phi) is 6.01. The maximum absolute atomic E-state index is 12.9.